The molecule has 150 valence electrons. The summed E-state index contributed by atoms with van der Waals surface area (Å²) >= 11 is 0. The van der Waals surface area contributed by atoms with Gasteiger partial charge in [-0.15, -0.1) is 0 Å². The Morgan fingerprint density at radius 1 is 1.29 bits per heavy atom. The van der Waals surface area contributed by atoms with Crippen LogP contribution in [-0.2, 0) is 18.4 Å². The van der Waals surface area contributed by atoms with Gasteiger partial charge in [-0.05, 0) is 32.4 Å². The van der Waals surface area contributed by atoms with Gasteiger partial charge in [0.2, 0.25) is 0 Å². The lowest BCUT2D eigenvalue weighted by Gasteiger charge is -2.29. The van der Waals surface area contributed by atoms with Crippen LogP contribution < -0.4 is 20.3 Å². The molecule has 3 rings (SSSR count). The number of benzene rings is 1. The summed E-state index contributed by atoms with van der Waals surface area (Å²) < 4.78 is 7.37. The van der Waals surface area contributed by atoms with E-state index in [-0.39, 0.29) is 12.5 Å². The molecule has 2 aromatic rings. The largest absolute Gasteiger partial charge is 0.482 e. The molecule has 0 unspecified atom stereocenters. The third kappa shape index (κ3) is 4.27. The number of carbonyl (C=O) groups is 1. The lowest BCUT2D eigenvalue weighted by molar-refractivity contribution is -0.121. The summed E-state index contributed by atoms with van der Waals surface area (Å²) in [5.74, 6) is 1.48. The second kappa shape index (κ2) is 8.77. The Morgan fingerprint density at radius 3 is 2.79 bits per heavy atom. The number of ether oxygens (including phenoxy) is 1. The molecule has 0 saturated heterocycles. The number of carbonyl (C=O) groups excluding carboxylic acids is 1. The SMILES string of the molecule is CN=C(NCCCN1C(=O)COc2ccccc21)NCc1c(C)nn(C)c1C. The number of para-hydroxylation sites is 2. The number of hydrogen-bond donors (Lipinski definition) is 2. The molecule has 0 atom stereocenters. The van der Waals surface area contributed by atoms with E-state index in [4.69, 9.17) is 4.74 Å². The summed E-state index contributed by atoms with van der Waals surface area (Å²) in [6.45, 7) is 6.17. The molecule has 1 aliphatic rings. The van der Waals surface area contributed by atoms with Crippen LogP contribution in [0.5, 0.6) is 5.75 Å². The molecule has 1 aliphatic heterocycles. The molecule has 0 saturated carbocycles. The van der Waals surface area contributed by atoms with Crippen LogP contribution in [0, 0.1) is 13.8 Å². The van der Waals surface area contributed by atoms with Gasteiger partial charge in [0.25, 0.3) is 5.91 Å². The van der Waals surface area contributed by atoms with Gasteiger partial charge in [0.1, 0.15) is 5.75 Å². The summed E-state index contributed by atoms with van der Waals surface area (Å²) in [6.07, 6.45) is 0.797. The Kier molecular flexibility index (Phi) is 6.18. The maximum absolute atomic E-state index is 12.2. The fourth-order valence-corrected chi connectivity index (χ4v) is 3.31. The minimum absolute atomic E-state index is 0.0104. The number of guanidine groups is 1. The molecular formula is C20H28N6O2. The van der Waals surface area contributed by atoms with Crippen molar-refractivity contribution in [2.45, 2.75) is 26.8 Å². The number of nitrogens with zero attached hydrogens (tertiary/aromatic N) is 4. The standard InChI is InChI=1S/C20H28N6O2/c1-14-16(15(2)25(4)24-14)12-23-20(21-3)22-10-7-11-26-17-8-5-6-9-18(17)28-13-19(26)27/h5-6,8-9H,7,10-13H2,1-4H3,(H2,21,22,23). The van der Waals surface area contributed by atoms with Gasteiger partial charge < -0.3 is 20.3 Å². The molecule has 1 amide bonds. The lowest BCUT2D eigenvalue weighted by atomic mass is 10.2. The molecule has 0 spiro atoms. The number of amides is 1. The van der Waals surface area contributed by atoms with Gasteiger partial charge in [-0.25, -0.2) is 0 Å². The number of rotatable bonds is 6. The fraction of sp³-hybridized carbons (Fsp3) is 0.450. The highest BCUT2D eigenvalue weighted by Gasteiger charge is 2.24. The third-order valence-electron chi connectivity index (χ3n) is 4.97. The molecule has 1 aromatic heterocycles. The molecule has 0 bridgehead atoms. The number of fused-ring (bicyclic) bond motifs is 1. The van der Waals surface area contributed by atoms with Gasteiger partial charge in [0, 0.05) is 45.0 Å². The summed E-state index contributed by atoms with van der Waals surface area (Å²) in [5, 5.41) is 11.1. The zero-order valence-corrected chi connectivity index (χ0v) is 17.0. The van der Waals surface area contributed by atoms with E-state index in [1.807, 2.05) is 42.9 Å². The second-order valence-corrected chi connectivity index (χ2v) is 6.78. The van der Waals surface area contributed by atoms with Crippen molar-refractivity contribution < 1.29 is 9.53 Å². The van der Waals surface area contributed by atoms with Gasteiger partial charge in [0.05, 0.1) is 11.4 Å². The summed E-state index contributed by atoms with van der Waals surface area (Å²) in [6, 6.07) is 7.63. The Morgan fingerprint density at radius 2 is 2.07 bits per heavy atom. The van der Waals surface area contributed by atoms with Crippen molar-refractivity contribution in [3.63, 3.8) is 0 Å². The van der Waals surface area contributed by atoms with Crippen molar-refractivity contribution >= 4 is 17.6 Å². The highest BCUT2D eigenvalue weighted by Crippen LogP contribution is 2.31. The number of nitrogens with one attached hydrogen (secondary N) is 2. The van der Waals surface area contributed by atoms with Crippen molar-refractivity contribution in [1.29, 1.82) is 0 Å². The van der Waals surface area contributed by atoms with Gasteiger partial charge in [0.15, 0.2) is 12.6 Å². The van der Waals surface area contributed by atoms with Crippen LogP contribution in [0.3, 0.4) is 0 Å². The number of aryl methyl sites for hydroxylation is 2. The first-order valence-electron chi connectivity index (χ1n) is 9.47. The number of aliphatic imine (C=N–C) groups is 1. The topological polar surface area (TPSA) is 83.8 Å². The van der Waals surface area contributed by atoms with Crippen molar-refractivity contribution in [3.8, 4) is 5.75 Å². The maximum atomic E-state index is 12.2. The van der Waals surface area contributed by atoms with Gasteiger partial charge in [-0.3, -0.25) is 14.5 Å². The second-order valence-electron chi connectivity index (χ2n) is 6.78. The van der Waals surface area contributed by atoms with Crippen molar-refractivity contribution in [2.75, 3.05) is 31.6 Å². The van der Waals surface area contributed by atoms with Crippen LogP contribution in [0.4, 0.5) is 5.69 Å². The first-order valence-corrected chi connectivity index (χ1v) is 9.47. The van der Waals surface area contributed by atoms with Crippen LogP contribution in [-0.4, -0.2) is 48.4 Å². The van der Waals surface area contributed by atoms with Gasteiger partial charge in [-0.1, -0.05) is 12.1 Å². The van der Waals surface area contributed by atoms with E-state index in [9.17, 15) is 4.79 Å². The third-order valence-corrected chi connectivity index (χ3v) is 4.97. The Labute approximate surface area is 165 Å². The highest BCUT2D eigenvalue weighted by atomic mass is 16.5. The molecule has 0 radical (unpaired) electrons. The molecule has 0 aliphatic carbocycles. The molecule has 2 heterocycles. The Bertz CT molecular complexity index is 874. The van der Waals surface area contributed by atoms with Crippen LogP contribution in [0.25, 0.3) is 0 Å². The highest BCUT2D eigenvalue weighted by molar-refractivity contribution is 5.97. The first-order chi connectivity index (χ1) is 13.5. The van der Waals surface area contributed by atoms with E-state index in [0.29, 0.717) is 19.6 Å². The van der Waals surface area contributed by atoms with Crippen LogP contribution >= 0.6 is 0 Å². The zero-order chi connectivity index (χ0) is 20.1. The molecule has 2 N–H and O–H groups in total. The van der Waals surface area contributed by atoms with E-state index in [1.54, 1.807) is 11.9 Å². The molecule has 28 heavy (non-hydrogen) atoms. The van der Waals surface area contributed by atoms with E-state index >= 15 is 0 Å². The van der Waals surface area contributed by atoms with Gasteiger partial charge in [-0.2, -0.15) is 5.10 Å². The Hall–Kier alpha value is -3.03. The average Bonchev–Trinajstić information content (AvgIpc) is 2.94. The van der Waals surface area contributed by atoms with Crippen LogP contribution in [0.15, 0.2) is 29.3 Å². The van der Waals surface area contributed by atoms with Gasteiger partial charge >= 0.3 is 0 Å². The number of anilines is 1. The van der Waals surface area contributed by atoms with Crippen molar-refractivity contribution in [2.24, 2.45) is 12.0 Å². The van der Waals surface area contributed by atoms with Crippen LogP contribution in [0.2, 0.25) is 0 Å². The predicted molar refractivity (Wildman–Crippen MR) is 110 cm³/mol. The fourth-order valence-electron chi connectivity index (χ4n) is 3.31. The van der Waals surface area contributed by atoms with E-state index in [1.165, 1.54) is 5.56 Å². The van der Waals surface area contributed by atoms with Crippen molar-refractivity contribution in [1.82, 2.24) is 20.4 Å². The predicted octanol–water partition coefficient (Wildman–Crippen LogP) is 1.52. The normalized spacial score (nSPS) is 13.9. The number of aromatic nitrogens is 2. The molecular weight excluding hydrogens is 356 g/mol. The smallest absolute Gasteiger partial charge is 0.265 e. The van der Waals surface area contributed by atoms with Crippen LogP contribution in [0.1, 0.15) is 23.4 Å². The minimum atomic E-state index is -0.0104. The Balaban J connectivity index is 1.48. The molecule has 0 fully saturated rings. The van der Waals surface area contributed by atoms with E-state index < -0.39 is 0 Å². The summed E-state index contributed by atoms with van der Waals surface area (Å²) in [5.41, 5.74) is 4.18. The lowest BCUT2D eigenvalue weighted by Crippen LogP contribution is -2.42. The van der Waals surface area contributed by atoms with E-state index in [2.05, 4.69) is 27.6 Å². The monoisotopic (exact) mass is 384 g/mol. The minimum Gasteiger partial charge on any atom is -0.482 e. The summed E-state index contributed by atoms with van der Waals surface area (Å²) in [4.78, 5) is 18.3. The van der Waals surface area contributed by atoms with E-state index in [0.717, 1.165) is 35.2 Å². The molecule has 8 nitrogen and oxygen atoms in total. The quantitative estimate of drug-likeness (QED) is 0.448. The summed E-state index contributed by atoms with van der Waals surface area (Å²) in [7, 11) is 3.70. The molecule has 8 heteroatoms. The first kappa shape index (κ1) is 19.7. The molecule has 1 aromatic carbocycles. The van der Waals surface area contributed by atoms with Crippen molar-refractivity contribution in [3.05, 3.63) is 41.2 Å². The maximum Gasteiger partial charge on any atom is 0.265 e. The zero-order valence-electron chi connectivity index (χ0n) is 17.0. The number of hydrogen-bond acceptors (Lipinski definition) is 4. The average molecular weight is 384 g/mol.